The number of hydrogen-bond donors (Lipinski definition) is 2. The highest BCUT2D eigenvalue weighted by Gasteiger charge is 2.17. The summed E-state index contributed by atoms with van der Waals surface area (Å²) in [4.78, 5) is 25.8. The van der Waals surface area contributed by atoms with E-state index in [9.17, 15) is 14.7 Å². The molecule has 0 aromatic heterocycles. The van der Waals surface area contributed by atoms with Gasteiger partial charge in [-0.25, -0.2) is 0 Å². The Morgan fingerprint density at radius 1 is 1.30 bits per heavy atom. The molecular weight excluding hydrogens is 316 g/mol. The minimum Gasteiger partial charge on any atom is -0.393 e. The van der Waals surface area contributed by atoms with Gasteiger partial charge in [0.05, 0.1) is 16.7 Å². The van der Waals surface area contributed by atoms with Gasteiger partial charge >= 0.3 is 0 Å². The number of carbonyl (C=O) groups is 2. The first-order valence-electron chi connectivity index (χ1n) is 7.73. The van der Waals surface area contributed by atoms with E-state index in [2.05, 4.69) is 5.32 Å². The van der Waals surface area contributed by atoms with Crippen LogP contribution in [0.25, 0.3) is 0 Å². The fourth-order valence-corrected chi connectivity index (χ4v) is 2.24. The normalized spacial score (nSPS) is 12.1. The lowest BCUT2D eigenvalue weighted by Gasteiger charge is -2.19. The van der Waals surface area contributed by atoms with Crippen molar-refractivity contribution in [3.63, 3.8) is 0 Å². The summed E-state index contributed by atoms with van der Waals surface area (Å²) in [6.07, 6.45) is 0.438. The van der Waals surface area contributed by atoms with Crippen molar-refractivity contribution in [2.24, 2.45) is 5.92 Å². The maximum atomic E-state index is 12.4. The Bertz CT molecular complexity index is 559. The second kappa shape index (κ2) is 8.89. The fraction of sp³-hybridized carbons (Fsp3) is 0.529. The molecule has 0 aliphatic rings. The standard InChI is InChI=1S/C17H25ClN2O3/c1-11(2)9-16(22)19-13-5-6-15(18)14(10-13)17(23)20(4)8-7-12(3)21/h5-6,10-12,21H,7-9H2,1-4H3,(H,19,22). The average Bonchev–Trinajstić information content (AvgIpc) is 2.45. The molecular formula is C17H25ClN2O3. The van der Waals surface area contributed by atoms with Crippen LogP contribution in [0.1, 0.15) is 44.0 Å². The lowest BCUT2D eigenvalue weighted by atomic mass is 10.1. The van der Waals surface area contributed by atoms with E-state index >= 15 is 0 Å². The van der Waals surface area contributed by atoms with E-state index in [-0.39, 0.29) is 17.7 Å². The quantitative estimate of drug-likeness (QED) is 0.801. The van der Waals surface area contributed by atoms with Crippen LogP contribution in [0.15, 0.2) is 18.2 Å². The summed E-state index contributed by atoms with van der Waals surface area (Å²) in [6, 6.07) is 4.86. The number of hydrogen-bond acceptors (Lipinski definition) is 3. The molecule has 0 fully saturated rings. The van der Waals surface area contributed by atoms with Gasteiger partial charge in [0.2, 0.25) is 5.91 Å². The highest BCUT2D eigenvalue weighted by molar-refractivity contribution is 6.34. The zero-order valence-corrected chi connectivity index (χ0v) is 14.9. The van der Waals surface area contributed by atoms with Crippen LogP contribution < -0.4 is 5.32 Å². The number of aliphatic hydroxyl groups excluding tert-OH is 1. The average molecular weight is 341 g/mol. The van der Waals surface area contributed by atoms with Crippen molar-refractivity contribution in [3.8, 4) is 0 Å². The van der Waals surface area contributed by atoms with Crippen LogP contribution in [0.3, 0.4) is 0 Å². The van der Waals surface area contributed by atoms with Gasteiger partial charge in [-0.3, -0.25) is 9.59 Å². The topological polar surface area (TPSA) is 69.6 Å². The smallest absolute Gasteiger partial charge is 0.255 e. The Kier molecular flexibility index (Phi) is 7.52. The van der Waals surface area contributed by atoms with E-state index in [1.54, 1.807) is 32.2 Å². The van der Waals surface area contributed by atoms with Gasteiger partial charge in [-0.05, 0) is 37.5 Å². The third-order valence-electron chi connectivity index (χ3n) is 3.30. The van der Waals surface area contributed by atoms with Gasteiger partial charge in [0, 0.05) is 25.7 Å². The zero-order chi connectivity index (χ0) is 17.6. The molecule has 0 aliphatic carbocycles. The van der Waals surface area contributed by atoms with Crippen molar-refractivity contribution in [1.29, 1.82) is 0 Å². The van der Waals surface area contributed by atoms with E-state index in [1.165, 1.54) is 4.90 Å². The van der Waals surface area contributed by atoms with Gasteiger partial charge in [0.25, 0.3) is 5.91 Å². The van der Waals surface area contributed by atoms with E-state index in [4.69, 9.17) is 11.6 Å². The number of nitrogens with zero attached hydrogens (tertiary/aromatic N) is 1. The third kappa shape index (κ3) is 6.59. The Balaban J connectivity index is 2.84. The first kappa shape index (κ1) is 19.5. The second-order valence-electron chi connectivity index (χ2n) is 6.21. The molecule has 2 amide bonds. The van der Waals surface area contributed by atoms with Gasteiger partial charge in [-0.2, -0.15) is 0 Å². The molecule has 23 heavy (non-hydrogen) atoms. The summed E-state index contributed by atoms with van der Waals surface area (Å²) >= 11 is 6.11. The number of anilines is 1. The SMILES string of the molecule is CC(C)CC(=O)Nc1ccc(Cl)c(C(=O)N(C)CCC(C)O)c1. The van der Waals surface area contributed by atoms with Crippen LogP contribution in [-0.4, -0.2) is 41.5 Å². The van der Waals surface area contributed by atoms with Gasteiger partial charge < -0.3 is 15.3 Å². The zero-order valence-electron chi connectivity index (χ0n) is 14.1. The maximum absolute atomic E-state index is 12.4. The molecule has 0 saturated heterocycles. The largest absolute Gasteiger partial charge is 0.393 e. The summed E-state index contributed by atoms with van der Waals surface area (Å²) in [5, 5.41) is 12.4. The molecule has 1 atom stereocenters. The monoisotopic (exact) mass is 340 g/mol. The molecule has 1 aromatic rings. The molecule has 0 heterocycles. The van der Waals surface area contributed by atoms with E-state index in [0.29, 0.717) is 35.7 Å². The summed E-state index contributed by atoms with van der Waals surface area (Å²) in [5.74, 6) is -0.0752. The van der Waals surface area contributed by atoms with E-state index in [1.807, 2.05) is 13.8 Å². The maximum Gasteiger partial charge on any atom is 0.255 e. The number of rotatable bonds is 7. The van der Waals surface area contributed by atoms with E-state index in [0.717, 1.165) is 0 Å². The molecule has 0 aliphatic heterocycles. The number of halogens is 1. The van der Waals surface area contributed by atoms with Crippen molar-refractivity contribution < 1.29 is 14.7 Å². The van der Waals surface area contributed by atoms with Crippen LogP contribution in [0.4, 0.5) is 5.69 Å². The number of benzene rings is 1. The molecule has 1 unspecified atom stereocenters. The minimum atomic E-state index is -0.470. The molecule has 6 heteroatoms. The van der Waals surface area contributed by atoms with Crippen molar-refractivity contribution in [3.05, 3.63) is 28.8 Å². The number of aliphatic hydroxyl groups is 1. The Morgan fingerprint density at radius 3 is 2.52 bits per heavy atom. The molecule has 2 N–H and O–H groups in total. The lowest BCUT2D eigenvalue weighted by molar-refractivity contribution is -0.116. The van der Waals surface area contributed by atoms with Crippen molar-refractivity contribution >= 4 is 29.1 Å². The molecule has 1 rings (SSSR count). The third-order valence-corrected chi connectivity index (χ3v) is 3.63. The minimum absolute atomic E-state index is 0.0943. The Hall–Kier alpha value is -1.59. The highest BCUT2D eigenvalue weighted by Crippen LogP contribution is 2.22. The Morgan fingerprint density at radius 2 is 1.96 bits per heavy atom. The predicted octanol–water partition coefficient (Wildman–Crippen LogP) is 3.17. The van der Waals surface area contributed by atoms with Gasteiger partial charge in [0.15, 0.2) is 0 Å². The van der Waals surface area contributed by atoms with Gasteiger partial charge in [-0.1, -0.05) is 25.4 Å². The molecule has 128 valence electrons. The van der Waals surface area contributed by atoms with E-state index < -0.39 is 6.10 Å². The lowest BCUT2D eigenvalue weighted by Crippen LogP contribution is -2.29. The summed E-state index contributed by atoms with van der Waals surface area (Å²) in [5.41, 5.74) is 0.884. The van der Waals surface area contributed by atoms with Gasteiger partial charge in [-0.15, -0.1) is 0 Å². The Labute approximate surface area is 142 Å². The fourth-order valence-electron chi connectivity index (χ4n) is 2.04. The van der Waals surface area contributed by atoms with Crippen LogP contribution >= 0.6 is 11.6 Å². The van der Waals surface area contributed by atoms with Crippen LogP contribution in [0.2, 0.25) is 5.02 Å². The molecule has 0 radical (unpaired) electrons. The van der Waals surface area contributed by atoms with Crippen molar-refractivity contribution in [2.75, 3.05) is 18.9 Å². The first-order chi connectivity index (χ1) is 10.7. The van der Waals surface area contributed by atoms with Gasteiger partial charge in [0.1, 0.15) is 0 Å². The number of carbonyl (C=O) groups excluding carboxylic acids is 2. The molecule has 0 spiro atoms. The highest BCUT2D eigenvalue weighted by atomic mass is 35.5. The van der Waals surface area contributed by atoms with Crippen LogP contribution in [0.5, 0.6) is 0 Å². The predicted molar refractivity (Wildman–Crippen MR) is 92.8 cm³/mol. The summed E-state index contributed by atoms with van der Waals surface area (Å²) < 4.78 is 0. The van der Waals surface area contributed by atoms with Crippen LogP contribution in [-0.2, 0) is 4.79 Å². The summed E-state index contributed by atoms with van der Waals surface area (Å²) in [7, 11) is 1.66. The van der Waals surface area contributed by atoms with Crippen molar-refractivity contribution in [2.45, 2.75) is 39.7 Å². The number of nitrogens with one attached hydrogen (secondary N) is 1. The molecule has 1 aromatic carbocycles. The summed E-state index contributed by atoms with van der Waals surface area (Å²) in [6.45, 7) is 6.04. The second-order valence-corrected chi connectivity index (χ2v) is 6.61. The number of amides is 2. The molecule has 5 nitrogen and oxygen atoms in total. The van der Waals surface area contributed by atoms with Crippen molar-refractivity contribution in [1.82, 2.24) is 4.90 Å². The molecule has 0 bridgehead atoms. The van der Waals surface area contributed by atoms with Crippen LogP contribution in [0, 0.1) is 5.92 Å². The molecule has 0 saturated carbocycles. The first-order valence-corrected chi connectivity index (χ1v) is 8.11.